The molecule has 1 aliphatic rings. The van der Waals surface area contributed by atoms with Gasteiger partial charge in [0.1, 0.15) is 5.75 Å². The number of carbonyl (C=O) groups excluding carboxylic acids is 1. The van der Waals surface area contributed by atoms with Crippen molar-refractivity contribution in [2.45, 2.75) is 51.3 Å². The molecule has 6 nitrogen and oxygen atoms in total. The number of hydrogen-bond acceptors (Lipinski definition) is 6. The monoisotopic (exact) mass is 549 g/mol. The van der Waals surface area contributed by atoms with Gasteiger partial charge >= 0.3 is 5.97 Å². The van der Waals surface area contributed by atoms with E-state index >= 15 is 0 Å². The average Bonchev–Trinajstić information content (AvgIpc) is 2.91. The lowest BCUT2D eigenvalue weighted by Crippen LogP contribution is -2.37. The van der Waals surface area contributed by atoms with Gasteiger partial charge in [0.25, 0.3) is 0 Å². The van der Waals surface area contributed by atoms with Gasteiger partial charge in [-0.25, -0.2) is 13.2 Å². The molecule has 1 aliphatic heterocycles. The minimum Gasteiger partial charge on any atom is -0.463 e. The zero-order chi connectivity index (χ0) is 24.8. The molecule has 0 saturated heterocycles. The van der Waals surface area contributed by atoms with Crippen molar-refractivity contribution in [2.24, 2.45) is 5.41 Å². The molecule has 0 aromatic heterocycles. The second-order valence-electron chi connectivity index (χ2n) is 8.56. The Hall–Kier alpha value is -2.32. The van der Waals surface area contributed by atoms with E-state index in [2.05, 4.69) is 34.7 Å². The number of rotatable bonds is 9. The summed E-state index contributed by atoms with van der Waals surface area (Å²) < 4.78 is 38.6. The Morgan fingerprint density at radius 1 is 1.18 bits per heavy atom. The first kappa shape index (κ1) is 26.3. The van der Waals surface area contributed by atoms with Crippen molar-refractivity contribution in [3.63, 3.8) is 0 Å². The van der Waals surface area contributed by atoms with Crippen molar-refractivity contribution in [3.05, 3.63) is 59.3 Å². The van der Waals surface area contributed by atoms with Crippen molar-refractivity contribution >= 4 is 43.1 Å². The third-order valence-corrected chi connectivity index (χ3v) is 8.80. The lowest BCUT2D eigenvalue weighted by Gasteiger charge is -2.36. The zero-order valence-corrected chi connectivity index (χ0v) is 22.3. The number of carbonyl (C=O) groups is 1. The highest BCUT2D eigenvalue weighted by Crippen LogP contribution is 2.46. The van der Waals surface area contributed by atoms with Crippen molar-refractivity contribution in [2.75, 3.05) is 23.8 Å². The molecule has 0 amide bonds. The van der Waals surface area contributed by atoms with Gasteiger partial charge in [0.2, 0.25) is 0 Å². The number of para-hydroxylation sites is 1. The molecular formula is C26H32BrNO5S. The van der Waals surface area contributed by atoms with E-state index in [1.165, 1.54) is 12.3 Å². The Morgan fingerprint density at radius 2 is 1.91 bits per heavy atom. The van der Waals surface area contributed by atoms with E-state index in [4.69, 9.17) is 9.47 Å². The normalized spacial score (nSPS) is 19.5. The van der Waals surface area contributed by atoms with Crippen molar-refractivity contribution < 1.29 is 22.7 Å². The molecule has 0 spiro atoms. The summed E-state index contributed by atoms with van der Waals surface area (Å²) in [6.07, 6.45) is 5.95. The molecule has 0 N–H and O–H groups in total. The van der Waals surface area contributed by atoms with E-state index in [0.29, 0.717) is 22.5 Å². The van der Waals surface area contributed by atoms with Crippen LogP contribution in [0.4, 0.5) is 11.4 Å². The quantitative estimate of drug-likeness (QED) is 0.204. The van der Waals surface area contributed by atoms with Crippen LogP contribution in [-0.2, 0) is 19.4 Å². The number of hydrogen-bond donors (Lipinski definition) is 0. The van der Waals surface area contributed by atoms with E-state index in [0.717, 1.165) is 31.4 Å². The summed E-state index contributed by atoms with van der Waals surface area (Å²) in [7, 11) is -3.62. The maximum Gasteiger partial charge on any atom is 0.333 e. The van der Waals surface area contributed by atoms with Crippen LogP contribution in [0, 0.1) is 5.41 Å². The predicted molar refractivity (Wildman–Crippen MR) is 138 cm³/mol. The first-order valence-corrected chi connectivity index (χ1v) is 14.1. The summed E-state index contributed by atoms with van der Waals surface area (Å²) >= 11 is 3.53. The first-order valence-electron chi connectivity index (χ1n) is 11.6. The van der Waals surface area contributed by atoms with Gasteiger partial charge in [-0.3, -0.25) is 0 Å². The van der Waals surface area contributed by atoms with Gasteiger partial charge in [0, 0.05) is 23.7 Å². The molecular weight excluding hydrogens is 518 g/mol. The molecule has 1 heterocycles. The van der Waals surface area contributed by atoms with Crippen LogP contribution in [-0.4, -0.2) is 33.3 Å². The second-order valence-corrected chi connectivity index (χ2v) is 11.4. The summed E-state index contributed by atoms with van der Waals surface area (Å²) in [6, 6.07) is 13.2. The van der Waals surface area contributed by atoms with Gasteiger partial charge in [-0.1, -0.05) is 44.9 Å². The topological polar surface area (TPSA) is 72.9 Å². The van der Waals surface area contributed by atoms with Crippen molar-refractivity contribution in [1.82, 2.24) is 0 Å². The standard InChI is InChI=1S/C26H32BrNO5S/c1-4-7-14-26(5-2)18-28(20-11-9-8-10-12-20)22-16-21(27)23(17-24(22)34(30,31)19-26)33-15-13-25(29)32-6-3/h8-13,15-17H,4-7,14,18-19H2,1-3H3/b15-13+. The Bertz CT molecular complexity index is 1130. The molecule has 0 bridgehead atoms. The van der Waals surface area contributed by atoms with E-state index in [-0.39, 0.29) is 22.7 Å². The van der Waals surface area contributed by atoms with Crippen LogP contribution in [0.3, 0.4) is 0 Å². The summed E-state index contributed by atoms with van der Waals surface area (Å²) in [5.41, 5.74) is 1.19. The Labute approximate surface area is 211 Å². The fourth-order valence-electron chi connectivity index (χ4n) is 4.31. The first-order chi connectivity index (χ1) is 16.2. The van der Waals surface area contributed by atoms with Crippen LogP contribution in [0.25, 0.3) is 0 Å². The van der Waals surface area contributed by atoms with E-state index < -0.39 is 15.8 Å². The van der Waals surface area contributed by atoms with Gasteiger partial charge in [-0.2, -0.15) is 0 Å². The third kappa shape index (κ3) is 6.02. The summed E-state index contributed by atoms with van der Waals surface area (Å²) in [4.78, 5) is 13.9. The van der Waals surface area contributed by atoms with Crippen LogP contribution in [0.5, 0.6) is 5.75 Å². The molecule has 0 radical (unpaired) electrons. The molecule has 0 saturated carbocycles. The maximum atomic E-state index is 13.7. The Morgan fingerprint density at radius 3 is 2.56 bits per heavy atom. The number of ether oxygens (including phenoxy) is 2. The number of nitrogens with zero attached hydrogens (tertiary/aromatic N) is 1. The highest BCUT2D eigenvalue weighted by molar-refractivity contribution is 9.10. The highest BCUT2D eigenvalue weighted by atomic mass is 79.9. The molecule has 0 fully saturated rings. The second kappa shape index (κ2) is 11.4. The minimum absolute atomic E-state index is 0.0760. The van der Waals surface area contributed by atoms with Crippen LogP contribution in [0.15, 0.2) is 64.2 Å². The molecule has 184 valence electrons. The lowest BCUT2D eigenvalue weighted by atomic mass is 9.81. The molecule has 2 aromatic rings. The molecule has 8 heteroatoms. The summed E-state index contributed by atoms with van der Waals surface area (Å²) in [6.45, 7) is 6.79. The van der Waals surface area contributed by atoms with Gasteiger partial charge in [-0.15, -0.1) is 0 Å². The van der Waals surface area contributed by atoms with E-state index in [1.807, 2.05) is 30.3 Å². The predicted octanol–water partition coefficient (Wildman–Crippen LogP) is 6.42. The van der Waals surface area contributed by atoms with E-state index in [9.17, 15) is 13.2 Å². The van der Waals surface area contributed by atoms with Gasteiger partial charge < -0.3 is 14.4 Å². The minimum atomic E-state index is -3.62. The van der Waals surface area contributed by atoms with Gasteiger partial charge in [-0.05, 0) is 53.9 Å². The molecule has 1 atom stereocenters. The fourth-order valence-corrected chi connectivity index (χ4v) is 6.91. The lowest BCUT2D eigenvalue weighted by molar-refractivity contribution is -0.137. The van der Waals surface area contributed by atoms with Crippen molar-refractivity contribution in [1.29, 1.82) is 0 Å². The van der Waals surface area contributed by atoms with E-state index in [1.54, 1.807) is 19.1 Å². The molecule has 34 heavy (non-hydrogen) atoms. The number of halogens is 1. The number of fused-ring (bicyclic) bond motifs is 1. The highest BCUT2D eigenvalue weighted by Gasteiger charge is 2.41. The van der Waals surface area contributed by atoms with Crippen LogP contribution >= 0.6 is 15.9 Å². The number of benzene rings is 2. The number of anilines is 2. The molecule has 1 unspecified atom stereocenters. The maximum absolute atomic E-state index is 13.7. The Kier molecular flexibility index (Phi) is 8.82. The number of esters is 1. The smallest absolute Gasteiger partial charge is 0.333 e. The SMILES string of the molecule is CCCCC1(CC)CN(c2ccccc2)c2cc(Br)c(O/C=C/C(=O)OCC)cc2S(=O)(=O)C1. The molecule has 2 aromatic carbocycles. The fraction of sp³-hybridized carbons (Fsp3) is 0.423. The largest absolute Gasteiger partial charge is 0.463 e. The van der Waals surface area contributed by atoms with Crippen molar-refractivity contribution in [3.8, 4) is 5.75 Å². The summed E-state index contributed by atoms with van der Waals surface area (Å²) in [5.74, 6) is -0.139. The van der Waals surface area contributed by atoms with Gasteiger partial charge in [0.05, 0.1) is 39.8 Å². The zero-order valence-electron chi connectivity index (χ0n) is 19.9. The average molecular weight is 551 g/mol. The van der Waals surface area contributed by atoms with Crippen LogP contribution in [0.1, 0.15) is 46.5 Å². The third-order valence-electron chi connectivity index (χ3n) is 6.19. The van der Waals surface area contributed by atoms with Crippen LogP contribution < -0.4 is 9.64 Å². The molecule has 0 aliphatic carbocycles. The van der Waals surface area contributed by atoms with Gasteiger partial charge in [0.15, 0.2) is 9.84 Å². The number of unbranched alkanes of at least 4 members (excludes halogenated alkanes) is 1. The summed E-state index contributed by atoms with van der Waals surface area (Å²) in [5, 5.41) is 0. The number of sulfone groups is 1. The van der Waals surface area contributed by atoms with Crippen LogP contribution in [0.2, 0.25) is 0 Å². The molecule has 3 rings (SSSR count). The Balaban J connectivity index is 2.12.